The highest BCUT2D eigenvalue weighted by Gasteiger charge is 2.50. The summed E-state index contributed by atoms with van der Waals surface area (Å²) in [5.41, 5.74) is 1.06. The Hall–Kier alpha value is -2.50. The monoisotopic (exact) mass is 315 g/mol. The molecule has 0 radical (unpaired) electrons. The number of benzene rings is 1. The minimum absolute atomic E-state index is 0.284. The van der Waals surface area contributed by atoms with Gasteiger partial charge in [0.2, 0.25) is 0 Å². The fraction of sp³-hybridized carbons (Fsp3) is 0.412. The topological polar surface area (TPSA) is 74.4 Å². The van der Waals surface area contributed by atoms with Crippen molar-refractivity contribution in [2.75, 3.05) is 6.54 Å². The second-order valence-electron chi connectivity index (χ2n) is 6.15. The number of cyclic esters (lactones) is 1. The van der Waals surface area contributed by atoms with Gasteiger partial charge in [0.05, 0.1) is 0 Å². The lowest BCUT2D eigenvalue weighted by Gasteiger charge is -2.31. The summed E-state index contributed by atoms with van der Waals surface area (Å²) < 4.78 is 5.42. The predicted octanol–water partition coefficient (Wildman–Crippen LogP) is 2.40. The maximum Gasteiger partial charge on any atom is 0.331 e. The number of ether oxygens (including phenoxy) is 1. The number of H-pyrrole nitrogens is 1. The highest BCUT2D eigenvalue weighted by Crippen LogP contribution is 2.31. The van der Waals surface area contributed by atoms with Crippen molar-refractivity contribution in [1.29, 1.82) is 0 Å². The highest BCUT2D eigenvalue weighted by atomic mass is 16.6. The smallest absolute Gasteiger partial charge is 0.331 e. The van der Waals surface area contributed by atoms with Gasteiger partial charge in [-0.2, -0.15) is 0 Å². The summed E-state index contributed by atoms with van der Waals surface area (Å²) in [7, 11) is 0. The number of nitrogens with zero attached hydrogens (tertiary/aromatic N) is 1. The van der Waals surface area contributed by atoms with Crippen LogP contribution in [-0.4, -0.2) is 40.2 Å². The van der Waals surface area contributed by atoms with Crippen LogP contribution in [0.15, 0.2) is 30.5 Å². The summed E-state index contributed by atoms with van der Waals surface area (Å²) in [5.74, 6) is -0.369. The molecule has 6 nitrogen and oxygen atoms in total. The first-order chi connectivity index (χ1) is 10.9. The van der Waals surface area contributed by atoms with Gasteiger partial charge < -0.3 is 15.0 Å². The van der Waals surface area contributed by atoms with E-state index < -0.39 is 11.8 Å². The summed E-state index contributed by atoms with van der Waals surface area (Å²) in [6, 6.07) is 6.98. The van der Waals surface area contributed by atoms with Gasteiger partial charge in [-0.15, -0.1) is 0 Å². The molecule has 6 heteroatoms. The quantitative estimate of drug-likeness (QED) is 0.854. The number of aromatic nitrogens is 1. The van der Waals surface area contributed by atoms with E-state index in [0.717, 1.165) is 16.5 Å². The van der Waals surface area contributed by atoms with Gasteiger partial charge in [-0.1, -0.05) is 18.2 Å². The van der Waals surface area contributed by atoms with Gasteiger partial charge in [0.25, 0.3) is 0 Å². The molecule has 23 heavy (non-hydrogen) atoms. The fourth-order valence-electron chi connectivity index (χ4n) is 3.15. The van der Waals surface area contributed by atoms with Crippen LogP contribution in [0.25, 0.3) is 10.9 Å². The number of fused-ring (bicyclic) bond motifs is 1. The van der Waals surface area contributed by atoms with E-state index in [9.17, 15) is 9.59 Å². The molecule has 0 spiro atoms. The van der Waals surface area contributed by atoms with E-state index in [1.165, 1.54) is 4.90 Å². The number of carbonyl (C=O) groups is 2. The Balaban J connectivity index is 1.93. The first-order valence-corrected chi connectivity index (χ1v) is 7.79. The second-order valence-corrected chi connectivity index (χ2v) is 6.15. The molecule has 1 aliphatic rings. The average molecular weight is 315 g/mol. The normalized spacial score (nSPS) is 19.9. The van der Waals surface area contributed by atoms with Crippen LogP contribution in [-0.2, 0) is 16.0 Å². The number of aromatic amines is 1. The molecule has 1 aromatic heterocycles. The zero-order chi connectivity index (χ0) is 16.6. The Labute approximate surface area is 134 Å². The third-order valence-corrected chi connectivity index (χ3v) is 4.15. The van der Waals surface area contributed by atoms with Crippen LogP contribution in [0.2, 0.25) is 0 Å². The van der Waals surface area contributed by atoms with E-state index in [1.807, 2.05) is 37.4 Å². The van der Waals surface area contributed by atoms with Crippen molar-refractivity contribution in [3.63, 3.8) is 0 Å². The Bertz CT molecular complexity index is 750. The molecule has 1 saturated heterocycles. The first-order valence-electron chi connectivity index (χ1n) is 7.79. The van der Waals surface area contributed by atoms with Crippen molar-refractivity contribution < 1.29 is 14.3 Å². The maximum atomic E-state index is 12.4. The van der Waals surface area contributed by atoms with Crippen LogP contribution in [0, 0.1) is 0 Å². The molecule has 0 saturated carbocycles. The number of hydrogen-bond donors (Lipinski definition) is 2. The molecule has 0 aliphatic carbocycles. The van der Waals surface area contributed by atoms with Crippen LogP contribution in [0.5, 0.6) is 0 Å². The van der Waals surface area contributed by atoms with Crippen LogP contribution < -0.4 is 5.32 Å². The number of amides is 2. The second kappa shape index (κ2) is 5.61. The Morgan fingerprint density at radius 3 is 2.87 bits per heavy atom. The zero-order valence-electron chi connectivity index (χ0n) is 13.6. The fourth-order valence-corrected chi connectivity index (χ4v) is 3.15. The largest absolute Gasteiger partial charge is 0.438 e. The summed E-state index contributed by atoms with van der Waals surface area (Å²) >= 11 is 0. The lowest BCUT2D eigenvalue weighted by atomic mass is 10.0. The minimum Gasteiger partial charge on any atom is -0.438 e. The number of nitrogens with one attached hydrogen (secondary N) is 2. The number of urea groups is 1. The van der Waals surface area contributed by atoms with Gasteiger partial charge in [0, 0.05) is 30.1 Å². The summed E-state index contributed by atoms with van der Waals surface area (Å²) in [4.78, 5) is 29.4. The molecule has 122 valence electrons. The van der Waals surface area contributed by atoms with E-state index in [2.05, 4.69) is 10.3 Å². The molecular weight excluding hydrogens is 294 g/mol. The molecule has 1 atom stereocenters. The molecule has 2 amide bonds. The summed E-state index contributed by atoms with van der Waals surface area (Å²) in [6.07, 6.45) is 2.31. The van der Waals surface area contributed by atoms with E-state index in [-0.39, 0.29) is 12.0 Å². The van der Waals surface area contributed by atoms with E-state index >= 15 is 0 Å². The third kappa shape index (κ3) is 2.65. The molecule has 0 bridgehead atoms. The van der Waals surface area contributed by atoms with Gasteiger partial charge in [0.1, 0.15) is 6.04 Å². The van der Waals surface area contributed by atoms with Crippen LogP contribution >= 0.6 is 0 Å². The molecule has 2 N–H and O–H groups in total. The van der Waals surface area contributed by atoms with Crippen molar-refractivity contribution in [2.45, 2.75) is 39.0 Å². The van der Waals surface area contributed by atoms with E-state index in [4.69, 9.17) is 4.74 Å². The molecule has 1 aliphatic heterocycles. The standard InChI is InChI=1S/C17H21N3O3/c1-4-18-16(22)20-14(15(21)23-17(20,2)3)9-11-10-19-13-8-6-5-7-12(11)13/h5-8,10,14,19H,4,9H2,1-3H3,(H,18,22)/t14-/m1/s1. The minimum atomic E-state index is -0.951. The maximum absolute atomic E-state index is 12.4. The summed E-state index contributed by atoms with van der Waals surface area (Å²) in [6.45, 7) is 5.81. The van der Waals surface area contributed by atoms with Gasteiger partial charge in [-0.05, 0) is 32.4 Å². The first kappa shape index (κ1) is 15.4. The van der Waals surface area contributed by atoms with Gasteiger partial charge in [-0.25, -0.2) is 9.59 Å². The summed E-state index contributed by atoms with van der Waals surface area (Å²) in [5, 5.41) is 3.81. The molecule has 1 fully saturated rings. The van der Waals surface area contributed by atoms with Crippen molar-refractivity contribution in [3.05, 3.63) is 36.0 Å². The van der Waals surface area contributed by atoms with Gasteiger partial charge >= 0.3 is 12.0 Å². The molecule has 1 aromatic carbocycles. The van der Waals surface area contributed by atoms with E-state index in [1.54, 1.807) is 13.8 Å². The molecule has 3 rings (SSSR count). The van der Waals surface area contributed by atoms with Gasteiger partial charge in [-0.3, -0.25) is 4.90 Å². The molecular formula is C17H21N3O3. The van der Waals surface area contributed by atoms with Crippen molar-refractivity contribution in [1.82, 2.24) is 15.2 Å². The molecule has 2 aromatic rings. The van der Waals surface area contributed by atoms with Crippen LogP contribution in [0.3, 0.4) is 0 Å². The average Bonchev–Trinajstić information content (AvgIpc) is 2.98. The Kier molecular flexibility index (Phi) is 3.75. The Morgan fingerprint density at radius 2 is 2.13 bits per heavy atom. The highest BCUT2D eigenvalue weighted by molar-refractivity contribution is 5.89. The Morgan fingerprint density at radius 1 is 1.39 bits per heavy atom. The number of para-hydroxylation sites is 1. The van der Waals surface area contributed by atoms with E-state index in [0.29, 0.717) is 13.0 Å². The van der Waals surface area contributed by atoms with Gasteiger partial charge in [0.15, 0.2) is 5.72 Å². The number of carbonyl (C=O) groups excluding carboxylic acids is 2. The van der Waals surface area contributed by atoms with Crippen molar-refractivity contribution in [2.24, 2.45) is 0 Å². The SMILES string of the molecule is CCNC(=O)N1[C@H](Cc2c[nH]c3ccccc23)C(=O)OC1(C)C. The lowest BCUT2D eigenvalue weighted by molar-refractivity contribution is -0.148. The predicted molar refractivity (Wildman–Crippen MR) is 86.9 cm³/mol. The number of hydrogen-bond acceptors (Lipinski definition) is 3. The molecule has 2 heterocycles. The number of rotatable bonds is 3. The lowest BCUT2D eigenvalue weighted by Crippen LogP contribution is -2.53. The number of esters is 1. The molecule has 0 unspecified atom stereocenters. The zero-order valence-corrected chi connectivity index (χ0v) is 13.6. The van der Waals surface area contributed by atoms with Crippen molar-refractivity contribution >= 4 is 22.9 Å². The van der Waals surface area contributed by atoms with Crippen molar-refractivity contribution in [3.8, 4) is 0 Å². The van der Waals surface area contributed by atoms with Crippen LogP contribution in [0.1, 0.15) is 26.3 Å². The van der Waals surface area contributed by atoms with Crippen LogP contribution in [0.4, 0.5) is 4.79 Å². The third-order valence-electron chi connectivity index (χ3n) is 4.15.